The van der Waals surface area contributed by atoms with Gasteiger partial charge in [0.15, 0.2) is 5.82 Å². The molecule has 162 valence electrons. The van der Waals surface area contributed by atoms with Crippen LogP contribution in [0.25, 0.3) is 11.4 Å². The second-order valence-corrected chi connectivity index (χ2v) is 8.98. The molecule has 1 aromatic heterocycles. The number of carbonyl (C=O) groups excluding carboxylic acids is 1. The molecular formula is C19H17ClN4O6S. The van der Waals surface area contributed by atoms with E-state index in [4.69, 9.17) is 16.3 Å². The molecule has 2 heterocycles. The molecule has 0 saturated carbocycles. The van der Waals surface area contributed by atoms with Gasteiger partial charge in [0.05, 0.1) is 28.7 Å². The Kier molecular flexibility index (Phi) is 5.92. The third kappa shape index (κ3) is 4.54. The molecule has 1 fully saturated rings. The highest BCUT2D eigenvalue weighted by atomic mass is 35.5. The molecule has 1 aliphatic heterocycles. The molecule has 1 aliphatic rings. The van der Waals surface area contributed by atoms with E-state index in [1.165, 1.54) is 22.5 Å². The van der Waals surface area contributed by atoms with Gasteiger partial charge in [-0.25, -0.2) is 13.2 Å². The Morgan fingerprint density at radius 2 is 1.94 bits per heavy atom. The number of aromatic amines is 1. The first kappa shape index (κ1) is 21.2. The van der Waals surface area contributed by atoms with Crippen molar-refractivity contribution in [1.82, 2.24) is 14.4 Å². The van der Waals surface area contributed by atoms with Crippen LogP contribution in [0.4, 0.5) is 5.69 Å². The van der Waals surface area contributed by atoms with E-state index in [0.717, 1.165) is 0 Å². The van der Waals surface area contributed by atoms with Crippen molar-refractivity contribution in [3.05, 3.63) is 63.6 Å². The predicted molar refractivity (Wildman–Crippen MR) is 112 cm³/mol. The quantitative estimate of drug-likeness (QED) is 0.589. The van der Waals surface area contributed by atoms with Crippen LogP contribution < -0.4 is 11.1 Å². The summed E-state index contributed by atoms with van der Waals surface area (Å²) in [6.07, 6.45) is 0. The molecule has 12 heteroatoms. The lowest BCUT2D eigenvalue weighted by Crippen LogP contribution is -2.40. The van der Waals surface area contributed by atoms with Gasteiger partial charge >= 0.3 is 5.76 Å². The van der Waals surface area contributed by atoms with E-state index < -0.39 is 21.7 Å². The van der Waals surface area contributed by atoms with Gasteiger partial charge < -0.3 is 10.1 Å². The number of hydrogen-bond acceptors (Lipinski definition) is 7. The summed E-state index contributed by atoms with van der Waals surface area (Å²) in [4.78, 5) is 26.4. The summed E-state index contributed by atoms with van der Waals surface area (Å²) in [6, 6.07) is 10.5. The lowest BCUT2D eigenvalue weighted by molar-refractivity contribution is 0.0730. The highest BCUT2D eigenvalue weighted by Gasteiger charge is 2.27. The summed E-state index contributed by atoms with van der Waals surface area (Å²) in [6.45, 7) is 1.10. The SMILES string of the molecule is O=C(Nc1cccc(-c2noc(=O)[nH]2)c1)c1cc(S(=O)(=O)N2CCOCC2)ccc1Cl. The number of morpholine rings is 1. The number of rotatable bonds is 5. The number of hydrogen-bond donors (Lipinski definition) is 2. The largest absolute Gasteiger partial charge is 0.439 e. The third-order valence-electron chi connectivity index (χ3n) is 4.62. The van der Waals surface area contributed by atoms with Crippen molar-refractivity contribution in [2.75, 3.05) is 31.6 Å². The van der Waals surface area contributed by atoms with E-state index >= 15 is 0 Å². The number of H-pyrrole nitrogens is 1. The Bertz CT molecular complexity index is 1280. The van der Waals surface area contributed by atoms with Crippen molar-refractivity contribution < 1.29 is 22.5 Å². The van der Waals surface area contributed by atoms with Gasteiger partial charge in [-0.15, -0.1) is 0 Å². The lowest BCUT2D eigenvalue weighted by Gasteiger charge is -2.26. The molecule has 10 nitrogen and oxygen atoms in total. The summed E-state index contributed by atoms with van der Waals surface area (Å²) in [7, 11) is -3.79. The molecule has 0 bridgehead atoms. The van der Waals surface area contributed by atoms with Crippen LogP contribution in [0.15, 0.2) is 56.7 Å². The van der Waals surface area contributed by atoms with Crippen molar-refractivity contribution in [3.63, 3.8) is 0 Å². The number of nitrogens with one attached hydrogen (secondary N) is 2. The number of carbonyl (C=O) groups is 1. The van der Waals surface area contributed by atoms with Crippen molar-refractivity contribution in [3.8, 4) is 11.4 Å². The fraction of sp³-hybridized carbons (Fsp3) is 0.211. The van der Waals surface area contributed by atoms with E-state index in [1.807, 2.05) is 0 Å². The van der Waals surface area contributed by atoms with Gasteiger partial charge in [-0.2, -0.15) is 4.31 Å². The van der Waals surface area contributed by atoms with Crippen LogP contribution >= 0.6 is 11.6 Å². The zero-order valence-corrected chi connectivity index (χ0v) is 17.6. The first-order valence-corrected chi connectivity index (χ1v) is 11.0. The zero-order chi connectivity index (χ0) is 22.0. The van der Waals surface area contributed by atoms with E-state index in [1.54, 1.807) is 24.3 Å². The zero-order valence-electron chi connectivity index (χ0n) is 16.0. The summed E-state index contributed by atoms with van der Waals surface area (Å²) < 4.78 is 36.8. The van der Waals surface area contributed by atoms with Gasteiger partial charge in [-0.1, -0.05) is 28.9 Å². The van der Waals surface area contributed by atoms with Crippen LogP contribution in [0.3, 0.4) is 0 Å². The number of ether oxygens (including phenoxy) is 1. The smallest absolute Gasteiger partial charge is 0.379 e. The number of amides is 1. The van der Waals surface area contributed by atoms with E-state index in [9.17, 15) is 18.0 Å². The Hall–Kier alpha value is -2.99. The molecule has 3 aromatic rings. The standard InChI is InChI=1S/C19H17ClN4O6S/c20-16-5-4-14(31(27,28)24-6-8-29-9-7-24)11-15(16)18(25)21-13-3-1-2-12(10-13)17-22-19(26)30-23-17/h1-5,10-11H,6-9H2,(H,21,25)(H,22,23,26). The van der Waals surface area contributed by atoms with Crippen molar-refractivity contribution in [1.29, 1.82) is 0 Å². The van der Waals surface area contributed by atoms with Crippen LogP contribution in [-0.4, -0.2) is 55.1 Å². The summed E-state index contributed by atoms with van der Waals surface area (Å²) >= 11 is 6.17. The highest BCUT2D eigenvalue weighted by Crippen LogP contribution is 2.25. The molecule has 0 atom stereocenters. The van der Waals surface area contributed by atoms with Crippen LogP contribution in [0.1, 0.15) is 10.4 Å². The minimum Gasteiger partial charge on any atom is -0.379 e. The maximum atomic E-state index is 12.9. The van der Waals surface area contributed by atoms with Gasteiger partial charge in [-0.3, -0.25) is 14.3 Å². The molecule has 1 amide bonds. The van der Waals surface area contributed by atoms with Gasteiger partial charge in [-0.05, 0) is 30.3 Å². The van der Waals surface area contributed by atoms with Gasteiger partial charge in [0, 0.05) is 24.3 Å². The number of aromatic nitrogens is 2. The maximum absolute atomic E-state index is 12.9. The third-order valence-corrected chi connectivity index (χ3v) is 6.85. The number of nitrogens with zero attached hydrogens (tertiary/aromatic N) is 2. The summed E-state index contributed by atoms with van der Waals surface area (Å²) in [5.74, 6) is -1.08. The number of anilines is 1. The van der Waals surface area contributed by atoms with Crippen LogP contribution in [0.5, 0.6) is 0 Å². The van der Waals surface area contributed by atoms with E-state index in [0.29, 0.717) is 24.5 Å². The van der Waals surface area contributed by atoms with Gasteiger partial charge in [0.25, 0.3) is 5.91 Å². The van der Waals surface area contributed by atoms with Gasteiger partial charge in [0.2, 0.25) is 10.0 Å². The van der Waals surface area contributed by atoms with Crippen LogP contribution in [0.2, 0.25) is 5.02 Å². The molecule has 0 radical (unpaired) electrons. The molecule has 0 aliphatic carbocycles. The molecule has 4 rings (SSSR count). The molecule has 2 N–H and O–H groups in total. The number of benzene rings is 2. The first-order chi connectivity index (χ1) is 14.8. The first-order valence-electron chi connectivity index (χ1n) is 9.20. The number of sulfonamides is 1. The number of halogens is 1. The Morgan fingerprint density at radius 1 is 1.16 bits per heavy atom. The second-order valence-electron chi connectivity index (χ2n) is 6.64. The molecule has 0 unspecified atom stereocenters. The molecule has 0 spiro atoms. The summed E-state index contributed by atoms with van der Waals surface area (Å²) in [5.41, 5.74) is 0.915. The molecule has 1 saturated heterocycles. The van der Waals surface area contributed by atoms with Crippen molar-refractivity contribution in [2.24, 2.45) is 0 Å². The van der Waals surface area contributed by atoms with Crippen LogP contribution in [0, 0.1) is 0 Å². The van der Waals surface area contributed by atoms with E-state index in [2.05, 4.69) is 20.0 Å². The fourth-order valence-electron chi connectivity index (χ4n) is 3.07. The minimum atomic E-state index is -3.79. The average molecular weight is 465 g/mol. The maximum Gasteiger partial charge on any atom is 0.439 e. The van der Waals surface area contributed by atoms with Gasteiger partial charge in [0.1, 0.15) is 0 Å². The average Bonchev–Trinajstić information content (AvgIpc) is 3.21. The normalized spacial score (nSPS) is 15.0. The molecular weight excluding hydrogens is 448 g/mol. The minimum absolute atomic E-state index is 0.0104. The summed E-state index contributed by atoms with van der Waals surface area (Å²) in [5, 5.41) is 6.38. The van der Waals surface area contributed by atoms with Crippen molar-refractivity contribution in [2.45, 2.75) is 4.90 Å². The highest BCUT2D eigenvalue weighted by molar-refractivity contribution is 7.89. The lowest BCUT2D eigenvalue weighted by atomic mass is 10.1. The topological polar surface area (TPSA) is 135 Å². The molecule has 31 heavy (non-hydrogen) atoms. The van der Waals surface area contributed by atoms with E-state index in [-0.39, 0.29) is 34.4 Å². The fourth-order valence-corrected chi connectivity index (χ4v) is 4.71. The Balaban J connectivity index is 1.59. The Labute approximate surface area is 181 Å². The van der Waals surface area contributed by atoms with Crippen LogP contribution in [-0.2, 0) is 14.8 Å². The van der Waals surface area contributed by atoms with Crippen molar-refractivity contribution >= 4 is 33.2 Å². The second kappa shape index (κ2) is 8.63. The monoisotopic (exact) mass is 464 g/mol. The molecule has 2 aromatic carbocycles. The Morgan fingerprint density at radius 3 is 2.65 bits per heavy atom. The predicted octanol–water partition coefficient (Wildman–Crippen LogP) is 1.96.